The number of benzene rings is 1. The van der Waals surface area contributed by atoms with Gasteiger partial charge in [0.2, 0.25) is 5.91 Å². The van der Waals surface area contributed by atoms with E-state index in [0.29, 0.717) is 12.8 Å². The molecule has 0 fully saturated rings. The number of carboxylic acid groups (broad SMARTS) is 1. The van der Waals surface area contributed by atoms with Gasteiger partial charge < -0.3 is 10.4 Å². The van der Waals surface area contributed by atoms with Crippen molar-refractivity contribution in [1.29, 1.82) is 0 Å². The third kappa shape index (κ3) is 5.27. The first kappa shape index (κ1) is 17.9. The highest BCUT2D eigenvalue weighted by Crippen LogP contribution is 2.34. The van der Waals surface area contributed by atoms with Crippen LogP contribution in [0.1, 0.15) is 49.1 Å². The molecular weight excluding hydrogens is 310 g/mol. The standard InChI is InChI=1S/C18H25NO3S/c1-23-11-5-10-17(20)19-16(18(21)22)12-14-8-4-7-13-6-2-3-9-15(13)14/h2-3,6,9,14,16H,4-5,7-8,10-12H2,1H3,(H,19,20)(H,21,22). The maximum absolute atomic E-state index is 11.9. The van der Waals surface area contributed by atoms with Crippen molar-refractivity contribution in [2.45, 2.75) is 50.5 Å². The van der Waals surface area contributed by atoms with Crippen molar-refractivity contribution < 1.29 is 14.7 Å². The van der Waals surface area contributed by atoms with Gasteiger partial charge in [-0.15, -0.1) is 0 Å². The molecule has 0 heterocycles. The number of carbonyl (C=O) groups is 2. The summed E-state index contributed by atoms with van der Waals surface area (Å²) in [6, 6.07) is 7.46. The zero-order chi connectivity index (χ0) is 16.7. The normalized spacial score (nSPS) is 18.0. The Hall–Kier alpha value is -1.49. The van der Waals surface area contributed by atoms with Crippen LogP contribution in [0, 0.1) is 0 Å². The monoisotopic (exact) mass is 335 g/mol. The zero-order valence-electron chi connectivity index (χ0n) is 13.6. The highest BCUT2D eigenvalue weighted by Gasteiger charge is 2.27. The van der Waals surface area contributed by atoms with Gasteiger partial charge in [-0.05, 0) is 61.2 Å². The van der Waals surface area contributed by atoms with Gasteiger partial charge in [0.1, 0.15) is 6.04 Å². The molecule has 2 atom stereocenters. The van der Waals surface area contributed by atoms with Gasteiger partial charge in [0.05, 0.1) is 0 Å². The number of aryl methyl sites for hydroxylation is 1. The molecule has 1 aromatic carbocycles. The molecule has 0 saturated heterocycles. The second-order valence-corrected chi connectivity index (χ2v) is 7.06. The third-order valence-electron chi connectivity index (χ3n) is 4.40. The van der Waals surface area contributed by atoms with E-state index >= 15 is 0 Å². The van der Waals surface area contributed by atoms with Gasteiger partial charge in [0, 0.05) is 6.42 Å². The van der Waals surface area contributed by atoms with Crippen molar-refractivity contribution >= 4 is 23.6 Å². The third-order valence-corrected chi connectivity index (χ3v) is 5.10. The van der Waals surface area contributed by atoms with Gasteiger partial charge in [-0.1, -0.05) is 24.3 Å². The first-order valence-electron chi connectivity index (χ1n) is 8.20. The van der Waals surface area contributed by atoms with Crippen LogP contribution in [0.5, 0.6) is 0 Å². The molecule has 2 unspecified atom stereocenters. The molecule has 0 bridgehead atoms. The summed E-state index contributed by atoms with van der Waals surface area (Å²) in [5.74, 6) is 0.0376. The Balaban J connectivity index is 1.97. The molecule has 2 N–H and O–H groups in total. The summed E-state index contributed by atoms with van der Waals surface area (Å²) in [4.78, 5) is 23.5. The first-order chi connectivity index (χ1) is 11.1. The average molecular weight is 335 g/mol. The maximum atomic E-state index is 11.9. The number of hydrogen-bond donors (Lipinski definition) is 2. The molecule has 4 nitrogen and oxygen atoms in total. The lowest BCUT2D eigenvalue weighted by atomic mass is 9.79. The second-order valence-electron chi connectivity index (χ2n) is 6.08. The fourth-order valence-electron chi connectivity index (χ4n) is 3.25. The van der Waals surface area contributed by atoms with Crippen LogP contribution in [-0.4, -0.2) is 35.0 Å². The Labute approximate surface area is 142 Å². The van der Waals surface area contributed by atoms with Crippen molar-refractivity contribution in [3.05, 3.63) is 35.4 Å². The SMILES string of the molecule is CSCCCC(=O)NC(CC1CCCc2ccccc21)C(=O)O. The van der Waals surface area contributed by atoms with Gasteiger partial charge in [-0.2, -0.15) is 11.8 Å². The van der Waals surface area contributed by atoms with Gasteiger partial charge >= 0.3 is 5.97 Å². The van der Waals surface area contributed by atoms with Crippen LogP contribution in [0.4, 0.5) is 0 Å². The van der Waals surface area contributed by atoms with Crippen molar-refractivity contribution in [2.24, 2.45) is 0 Å². The van der Waals surface area contributed by atoms with Gasteiger partial charge in [-0.3, -0.25) is 4.79 Å². The number of thioether (sulfide) groups is 1. The Kier molecular flexibility index (Phi) is 6.96. The van der Waals surface area contributed by atoms with Crippen LogP contribution in [0.2, 0.25) is 0 Å². The molecule has 2 rings (SSSR count). The van der Waals surface area contributed by atoms with E-state index in [1.165, 1.54) is 11.1 Å². The summed E-state index contributed by atoms with van der Waals surface area (Å²) < 4.78 is 0. The topological polar surface area (TPSA) is 66.4 Å². The highest BCUT2D eigenvalue weighted by atomic mass is 32.2. The molecule has 1 aliphatic carbocycles. The lowest BCUT2D eigenvalue weighted by molar-refractivity contribution is -0.142. The molecule has 0 radical (unpaired) electrons. The van der Waals surface area contributed by atoms with E-state index in [1.807, 2.05) is 18.4 Å². The van der Waals surface area contributed by atoms with E-state index < -0.39 is 12.0 Å². The van der Waals surface area contributed by atoms with Gasteiger partial charge in [-0.25, -0.2) is 4.79 Å². The Bertz CT molecular complexity index is 547. The fourth-order valence-corrected chi connectivity index (χ4v) is 3.68. The molecule has 1 aliphatic rings. The summed E-state index contributed by atoms with van der Waals surface area (Å²) in [6.07, 6.45) is 6.78. The van der Waals surface area contributed by atoms with Crippen molar-refractivity contribution in [2.75, 3.05) is 12.0 Å². The summed E-state index contributed by atoms with van der Waals surface area (Å²) in [7, 11) is 0. The fraction of sp³-hybridized carbons (Fsp3) is 0.556. The van der Waals surface area contributed by atoms with E-state index in [1.54, 1.807) is 11.8 Å². The minimum Gasteiger partial charge on any atom is -0.480 e. The van der Waals surface area contributed by atoms with Crippen LogP contribution in [-0.2, 0) is 16.0 Å². The van der Waals surface area contributed by atoms with E-state index in [2.05, 4.69) is 17.4 Å². The van der Waals surface area contributed by atoms with Crippen molar-refractivity contribution in [1.82, 2.24) is 5.32 Å². The molecular formula is C18H25NO3S. The van der Waals surface area contributed by atoms with E-state index in [4.69, 9.17) is 0 Å². The van der Waals surface area contributed by atoms with Crippen molar-refractivity contribution in [3.63, 3.8) is 0 Å². The van der Waals surface area contributed by atoms with Gasteiger partial charge in [0.25, 0.3) is 0 Å². The summed E-state index contributed by atoms with van der Waals surface area (Å²) in [5, 5.41) is 12.2. The smallest absolute Gasteiger partial charge is 0.326 e. The number of hydrogen-bond acceptors (Lipinski definition) is 3. The van der Waals surface area contributed by atoms with Crippen LogP contribution in [0.25, 0.3) is 0 Å². The largest absolute Gasteiger partial charge is 0.480 e. The van der Waals surface area contributed by atoms with Crippen LogP contribution in [0.3, 0.4) is 0 Å². The minimum absolute atomic E-state index is 0.157. The van der Waals surface area contributed by atoms with Crippen LogP contribution in [0.15, 0.2) is 24.3 Å². The van der Waals surface area contributed by atoms with E-state index in [9.17, 15) is 14.7 Å². The zero-order valence-corrected chi connectivity index (χ0v) is 14.4. The number of carboxylic acids is 1. The molecule has 23 heavy (non-hydrogen) atoms. The predicted molar refractivity (Wildman–Crippen MR) is 93.9 cm³/mol. The van der Waals surface area contributed by atoms with E-state index in [-0.39, 0.29) is 11.8 Å². The molecule has 126 valence electrons. The molecule has 5 heteroatoms. The quantitative estimate of drug-likeness (QED) is 0.716. The maximum Gasteiger partial charge on any atom is 0.326 e. The van der Waals surface area contributed by atoms with Gasteiger partial charge in [0.15, 0.2) is 0 Å². The molecule has 0 aromatic heterocycles. The number of carbonyl (C=O) groups excluding carboxylic acids is 1. The number of rotatable bonds is 8. The average Bonchev–Trinajstić information content (AvgIpc) is 2.54. The first-order valence-corrected chi connectivity index (χ1v) is 9.60. The lowest BCUT2D eigenvalue weighted by Crippen LogP contribution is -2.42. The molecule has 0 saturated carbocycles. The molecule has 1 aromatic rings. The molecule has 1 amide bonds. The predicted octanol–water partition coefficient (Wildman–Crippen LogP) is 3.21. The number of nitrogens with one attached hydrogen (secondary N) is 1. The lowest BCUT2D eigenvalue weighted by Gasteiger charge is -2.28. The molecule has 0 spiro atoms. The van der Waals surface area contributed by atoms with Crippen molar-refractivity contribution in [3.8, 4) is 0 Å². The summed E-state index contributed by atoms with van der Waals surface area (Å²) in [5.41, 5.74) is 2.57. The Morgan fingerprint density at radius 1 is 1.39 bits per heavy atom. The summed E-state index contributed by atoms with van der Waals surface area (Å²) >= 11 is 1.69. The highest BCUT2D eigenvalue weighted by molar-refractivity contribution is 7.98. The second kappa shape index (κ2) is 8.96. The Morgan fingerprint density at radius 3 is 2.91 bits per heavy atom. The minimum atomic E-state index is -0.939. The summed E-state index contributed by atoms with van der Waals surface area (Å²) in [6.45, 7) is 0. The van der Waals surface area contributed by atoms with Crippen LogP contribution < -0.4 is 5.32 Å². The Morgan fingerprint density at radius 2 is 2.17 bits per heavy atom. The number of amides is 1. The van der Waals surface area contributed by atoms with Crippen LogP contribution >= 0.6 is 11.8 Å². The number of fused-ring (bicyclic) bond motifs is 1. The number of aliphatic carboxylic acids is 1. The van der Waals surface area contributed by atoms with E-state index in [0.717, 1.165) is 31.4 Å². The molecule has 0 aliphatic heterocycles.